The number of ether oxygens (including phenoxy) is 4. The predicted molar refractivity (Wildman–Crippen MR) is 92.1 cm³/mol. The van der Waals surface area contributed by atoms with Gasteiger partial charge >= 0.3 is 0 Å². The molecule has 0 saturated heterocycles. The van der Waals surface area contributed by atoms with Crippen molar-refractivity contribution in [2.45, 2.75) is 0 Å². The van der Waals surface area contributed by atoms with Crippen LogP contribution >= 0.6 is 0 Å². The Hall–Kier alpha value is -3.22. The van der Waals surface area contributed by atoms with Crippen molar-refractivity contribution in [3.05, 3.63) is 42.0 Å². The number of methoxy groups -OCH3 is 3. The maximum Gasteiger partial charge on any atom is 0.262 e. The molecule has 0 aliphatic heterocycles. The lowest BCUT2D eigenvalue weighted by atomic mass is 10.2. The van der Waals surface area contributed by atoms with Crippen LogP contribution in [0.25, 0.3) is 0 Å². The molecule has 1 amide bonds. The van der Waals surface area contributed by atoms with Gasteiger partial charge in [-0.3, -0.25) is 9.59 Å². The number of nitrogens with one attached hydrogen (secondary N) is 1. The number of amides is 1. The summed E-state index contributed by atoms with van der Waals surface area (Å²) in [5.41, 5.74) is 0.955. The number of aldehydes is 1. The van der Waals surface area contributed by atoms with E-state index in [9.17, 15) is 9.59 Å². The van der Waals surface area contributed by atoms with Crippen molar-refractivity contribution in [2.75, 3.05) is 33.3 Å². The highest BCUT2D eigenvalue weighted by molar-refractivity contribution is 5.93. The van der Waals surface area contributed by atoms with Crippen LogP contribution in [-0.4, -0.2) is 40.1 Å². The van der Waals surface area contributed by atoms with Crippen molar-refractivity contribution in [3.63, 3.8) is 0 Å². The molecule has 7 nitrogen and oxygen atoms in total. The van der Waals surface area contributed by atoms with E-state index < -0.39 is 0 Å². The summed E-state index contributed by atoms with van der Waals surface area (Å²) >= 11 is 0. The van der Waals surface area contributed by atoms with E-state index in [1.807, 2.05) is 0 Å². The van der Waals surface area contributed by atoms with Crippen molar-refractivity contribution in [2.24, 2.45) is 0 Å². The van der Waals surface area contributed by atoms with Crippen molar-refractivity contribution < 1.29 is 28.5 Å². The van der Waals surface area contributed by atoms with Crippen LogP contribution in [0.1, 0.15) is 10.4 Å². The molecule has 2 rings (SSSR count). The summed E-state index contributed by atoms with van der Waals surface area (Å²) in [6, 6.07) is 9.73. The Bertz CT molecular complexity index is 759. The molecular formula is C18H19NO6. The number of hydrogen-bond donors (Lipinski definition) is 1. The van der Waals surface area contributed by atoms with E-state index in [0.717, 1.165) is 0 Å². The SMILES string of the molecule is COc1ccc(NC(=O)COc2ccc(C=O)cc2OC)c(OC)c1. The number of rotatable bonds is 8. The Morgan fingerprint density at radius 2 is 1.72 bits per heavy atom. The Labute approximate surface area is 145 Å². The van der Waals surface area contributed by atoms with E-state index in [1.165, 1.54) is 20.3 Å². The third-order valence-corrected chi connectivity index (χ3v) is 3.37. The van der Waals surface area contributed by atoms with Crippen molar-refractivity contribution in [3.8, 4) is 23.0 Å². The summed E-state index contributed by atoms with van der Waals surface area (Å²) in [6.07, 6.45) is 0.703. The molecule has 0 bridgehead atoms. The highest BCUT2D eigenvalue weighted by Gasteiger charge is 2.11. The average molecular weight is 345 g/mol. The molecule has 0 aliphatic carbocycles. The fraction of sp³-hybridized carbons (Fsp3) is 0.222. The number of carbonyl (C=O) groups excluding carboxylic acids is 2. The van der Waals surface area contributed by atoms with Gasteiger partial charge in [-0.2, -0.15) is 0 Å². The first-order valence-electron chi connectivity index (χ1n) is 7.39. The fourth-order valence-corrected chi connectivity index (χ4v) is 2.11. The first kappa shape index (κ1) is 18.1. The quantitative estimate of drug-likeness (QED) is 0.740. The molecule has 0 aliphatic rings. The molecular weight excluding hydrogens is 326 g/mol. The lowest BCUT2D eigenvalue weighted by molar-refractivity contribution is -0.118. The van der Waals surface area contributed by atoms with Crippen LogP contribution in [0.15, 0.2) is 36.4 Å². The van der Waals surface area contributed by atoms with Gasteiger partial charge in [-0.1, -0.05) is 0 Å². The molecule has 25 heavy (non-hydrogen) atoms. The van der Waals surface area contributed by atoms with Crippen LogP contribution < -0.4 is 24.3 Å². The minimum absolute atomic E-state index is 0.230. The predicted octanol–water partition coefficient (Wildman–Crippen LogP) is 2.54. The molecule has 1 N–H and O–H groups in total. The summed E-state index contributed by atoms with van der Waals surface area (Å²) in [7, 11) is 4.50. The molecule has 0 fully saturated rings. The molecule has 7 heteroatoms. The molecule has 0 aromatic heterocycles. The highest BCUT2D eigenvalue weighted by atomic mass is 16.5. The molecule has 0 atom stereocenters. The van der Waals surface area contributed by atoms with E-state index in [2.05, 4.69) is 5.32 Å². The zero-order chi connectivity index (χ0) is 18.2. The van der Waals surface area contributed by atoms with Crippen LogP contribution in [0.5, 0.6) is 23.0 Å². The topological polar surface area (TPSA) is 83.1 Å². The molecule has 2 aromatic rings. The average Bonchev–Trinajstić information content (AvgIpc) is 2.66. The zero-order valence-corrected chi connectivity index (χ0v) is 14.2. The van der Waals surface area contributed by atoms with Gasteiger partial charge in [0.25, 0.3) is 5.91 Å². The highest BCUT2D eigenvalue weighted by Crippen LogP contribution is 2.30. The third-order valence-electron chi connectivity index (χ3n) is 3.37. The molecule has 0 unspecified atom stereocenters. The number of benzene rings is 2. The van der Waals surface area contributed by atoms with Crippen LogP contribution in [0.3, 0.4) is 0 Å². The first-order valence-corrected chi connectivity index (χ1v) is 7.39. The Morgan fingerprint density at radius 3 is 2.36 bits per heavy atom. The number of anilines is 1. The van der Waals surface area contributed by atoms with E-state index in [0.29, 0.717) is 40.5 Å². The molecule has 132 valence electrons. The van der Waals surface area contributed by atoms with Gasteiger partial charge in [0.05, 0.1) is 27.0 Å². The standard InChI is InChI=1S/C18H19NO6/c1-22-13-5-6-14(16(9-13)23-2)19-18(21)11-25-15-7-4-12(10-20)8-17(15)24-3/h4-10H,11H2,1-3H3,(H,19,21). The molecule has 0 saturated carbocycles. The Kier molecular flexibility index (Phi) is 6.22. The van der Waals surface area contributed by atoms with E-state index in [1.54, 1.807) is 37.4 Å². The summed E-state index contributed by atoms with van der Waals surface area (Å²) in [6.45, 7) is -0.230. The fourth-order valence-electron chi connectivity index (χ4n) is 2.11. The summed E-state index contributed by atoms with van der Waals surface area (Å²) in [5.74, 6) is 1.46. The smallest absolute Gasteiger partial charge is 0.262 e. The van der Waals surface area contributed by atoms with Crippen LogP contribution in [-0.2, 0) is 4.79 Å². The largest absolute Gasteiger partial charge is 0.497 e. The van der Waals surface area contributed by atoms with Crippen LogP contribution in [0.2, 0.25) is 0 Å². The summed E-state index contributed by atoms with van der Waals surface area (Å²) in [5, 5.41) is 2.70. The zero-order valence-electron chi connectivity index (χ0n) is 14.2. The Balaban J connectivity index is 2.03. The van der Waals surface area contributed by atoms with Gasteiger partial charge in [0.15, 0.2) is 18.1 Å². The number of carbonyl (C=O) groups is 2. The lowest BCUT2D eigenvalue weighted by Gasteiger charge is -2.13. The molecule has 0 heterocycles. The van der Waals surface area contributed by atoms with E-state index >= 15 is 0 Å². The molecule has 0 spiro atoms. The Morgan fingerprint density at radius 1 is 0.960 bits per heavy atom. The normalized spacial score (nSPS) is 9.88. The van der Waals surface area contributed by atoms with Gasteiger partial charge in [0.1, 0.15) is 17.8 Å². The van der Waals surface area contributed by atoms with Crippen molar-refractivity contribution in [1.29, 1.82) is 0 Å². The molecule has 2 aromatic carbocycles. The maximum atomic E-state index is 12.1. The maximum absolute atomic E-state index is 12.1. The number of hydrogen-bond acceptors (Lipinski definition) is 6. The van der Waals surface area contributed by atoms with Crippen molar-refractivity contribution in [1.82, 2.24) is 0 Å². The van der Waals surface area contributed by atoms with Gasteiger partial charge < -0.3 is 24.3 Å². The second kappa shape index (κ2) is 8.58. The summed E-state index contributed by atoms with van der Waals surface area (Å²) < 4.78 is 20.9. The first-order chi connectivity index (χ1) is 12.1. The second-order valence-corrected chi connectivity index (χ2v) is 4.93. The summed E-state index contributed by atoms with van der Waals surface area (Å²) in [4.78, 5) is 22.9. The minimum Gasteiger partial charge on any atom is -0.497 e. The third kappa shape index (κ3) is 4.63. The van der Waals surface area contributed by atoms with Crippen LogP contribution in [0.4, 0.5) is 5.69 Å². The van der Waals surface area contributed by atoms with Crippen LogP contribution in [0, 0.1) is 0 Å². The van der Waals surface area contributed by atoms with E-state index in [4.69, 9.17) is 18.9 Å². The van der Waals surface area contributed by atoms with E-state index in [-0.39, 0.29) is 12.5 Å². The van der Waals surface area contributed by atoms with Gasteiger partial charge in [-0.05, 0) is 30.3 Å². The monoisotopic (exact) mass is 345 g/mol. The van der Waals surface area contributed by atoms with Crippen molar-refractivity contribution >= 4 is 17.9 Å². The molecule has 0 radical (unpaired) electrons. The van der Waals surface area contributed by atoms with Gasteiger partial charge in [-0.25, -0.2) is 0 Å². The van der Waals surface area contributed by atoms with Gasteiger partial charge in [0.2, 0.25) is 0 Å². The second-order valence-electron chi connectivity index (χ2n) is 4.93. The van der Waals surface area contributed by atoms with Gasteiger partial charge in [-0.15, -0.1) is 0 Å². The minimum atomic E-state index is -0.370. The van der Waals surface area contributed by atoms with Gasteiger partial charge in [0, 0.05) is 11.6 Å². The lowest BCUT2D eigenvalue weighted by Crippen LogP contribution is -2.20.